The Labute approximate surface area is 226 Å². The number of benzene rings is 4. The zero-order valence-electron chi connectivity index (χ0n) is 21.8. The smallest absolute Gasteiger partial charge is 0.259 e. The first kappa shape index (κ1) is 26.9. The molecule has 4 rings (SSSR count). The molecule has 0 saturated carbocycles. The molecule has 4 aromatic carbocycles. The molecule has 0 aromatic heterocycles. The predicted molar refractivity (Wildman–Crippen MR) is 149 cm³/mol. The van der Waals surface area contributed by atoms with Crippen LogP contribution in [0.4, 0.5) is 11.4 Å². The summed E-state index contributed by atoms with van der Waals surface area (Å²) in [5.41, 5.74) is 2.32. The average molecular weight is 525 g/mol. The SMILES string of the molecule is COc1ccccc1CC(=O)c1cc(NC(=O)c2ccccc2OC)cc(NC(=O)c2ccccc2OC)c1. The number of ether oxygens (including phenoxy) is 3. The quantitative estimate of drug-likeness (QED) is 0.260. The van der Waals surface area contributed by atoms with E-state index in [0.29, 0.717) is 50.9 Å². The van der Waals surface area contributed by atoms with Crippen LogP contribution in [-0.2, 0) is 6.42 Å². The number of para-hydroxylation sites is 3. The van der Waals surface area contributed by atoms with Crippen molar-refractivity contribution in [2.45, 2.75) is 6.42 Å². The van der Waals surface area contributed by atoms with Crippen LogP contribution in [0.2, 0.25) is 0 Å². The van der Waals surface area contributed by atoms with E-state index in [9.17, 15) is 14.4 Å². The molecule has 0 aliphatic heterocycles. The highest BCUT2D eigenvalue weighted by Gasteiger charge is 2.18. The fourth-order valence-electron chi connectivity index (χ4n) is 4.12. The van der Waals surface area contributed by atoms with Gasteiger partial charge in [0.25, 0.3) is 11.8 Å². The summed E-state index contributed by atoms with van der Waals surface area (Å²) in [5, 5.41) is 5.64. The van der Waals surface area contributed by atoms with Crippen LogP contribution < -0.4 is 24.8 Å². The molecule has 8 nitrogen and oxygen atoms in total. The monoisotopic (exact) mass is 524 g/mol. The van der Waals surface area contributed by atoms with Gasteiger partial charge in [0.05, 0.1) is 32.5 Å². The molecule has 4 aromatic rings. The Hall–Kier alpha value is -5.11. The van der Waals surface area contributed by atoms with Gasteiger partial charge in [0.15, 0.2) is 5.78 Å². The zero-order valence-corrected chi connectivity index (χ0v) is 21.8. The van der Waals surface area contributed by atoms with Gasteiger partial charge in [-0.1, -0.05) is 42.5 Å². The number of methoxy groups -OCH3 is 3. The van der Waals surface area contributed by atoms with Gasteiger partial charge in [0.1, 0.15) is 17.2 Å². The molecule has 0 spiro atoms. The van der Waals surface area contributed by atoms with Crippen molar-refractivity contribution < 1.29 is 28.6 Å². The lowest BCUT2D eigenvalue weighted by Gasteiger charge is -2.14. The molecule has 0 atom stereocenters. The Balaban J connectivity index is 1.68. The molecule has 0 fully saturated rings. The zero-order chi connectivity index (χ0) is 27.8. The third-order valence-electron chi connectivity index (χ3n) is 6.02. The van der Waals surface area contributed by atoms with Crippen molar-refractivity contribution in [3.8, 4) is 17.2 Å². The van der Waals surface area contributed by atoms with Crippen molar-refractivity contribution in [2.24, 2.45) is 0 Å². The van der Waals surface area contributed by atoms with Crippen LogP contribution in [0, 0.1) is 0 Å². The Kier molecular flexibility index (Phi) is 8.58. The number of carbonyl (C=O) groups is 3. The second kappa shape index (κ2) is 12.4. The van der Waals surface area contributed by atoms with Crippen LogP contribution in [0.3, 0.4) is 0 Å². The number of hydrogen-bond donors (Lipinski definition) is 2. The molecule has 0 bridgehead atoms. The van der Waals surface area contributed by atoms with Gasteiger partial charge in [-0.25, -0.2) is 0 Å². The van der Waals surface area contributed by atoms with Gasteiger partial charge in [-0.15, -0.1) is 0 Å². The topological polar surface area (TPSA) is 103 Å². The molecule has 0 unspecified atom stereocenters. The lowest BCUT2D eigenvalue weighted by molar-refractivity contribution is 0.0987. The summed E-state index contributed by atoms with van der Waals surface area (Å²) >= 11 is 0. The number of amides is 2. The molecule has 2 N–H and O–H groups in total. The number of anilines is 2. The highest BCUT2D eigenvalue weighted by molar-refractivity contribution is 6.10. The Morgan fingerprint density at radius 2 is 1.03 bits per heavy atom. The molecule has 198 valence electrons. The minimum atomic E-state index is -0.427. The molecule has 0 heterocycles. The molecule has 39 heavy (non-hydrogen) atoms. The van der Waals surface area contributed by atoms with E-state index in [1.54, 1.807) is 79.9 Å². The van der Waals surface area contributed by atoms with Crippen molar-refractivity contribution >= 4 is 29.0 Å². The van der Waals surface area contributed by atoms with Crippen molar-refractivity contribution in [1.82, 2.24) is 0 Å². The largest absolute Gasteiger partial charge is 0.496 e. The van der Waals surface area contributed by atoms with Gasteiger partial charge in [0.2, 0.25) is 0 Å². The highest BCUT2D eigenvalue weighted by atomic mass is 16.5. The highest BCUT2D eigenvalue weighted by Crippen LogP contribution is 2.26. The number of nitrogens with one attached hydrogen (secondary N) is 2. The maximum absolute atomic E-state index is 13.4. The van der Waals surface area contributed by atoms with Gasteiger partial charge in [-0.3, -0.25) is 14.4 Å². The van der Waals surface area contributed by atoms with Gasteiger partial charge in [0, 0.05) is 28.9 Å². The Bertz CT molecular complexity index is 1430. The lowest BCUT2D eigenvalue weighted by atomic mass is 10.0. The number of rotatable bonds is 10. The van der Waals surface area contributed by atoms with Crippen molar-refractivity contribution in [3.05, 3.63) is 113 Å². The first-order valence-corrected chi connectivity index (χ1v) is 12.1. The molecule has 0 saturated heterocycles. The summed E-state index contributed by atoms with van der Waals surface area (Å²) in [6, 6.07) is 25.6. The van der Waals surface area contributed by atoms with Gasteiger partial charge >= 0.3 is 0 Å². The summed E-state index contributed by atoms with van der Waals surface area (Å²) in [6.45, 7) is 0. The van der Waals surface area contributed by atoms with Gasteiger partial charge in [-0.2, -0.15) is 0 Å². The van der Waals surface area contributed by atoms with E-state index in [1.807, 2.05) is 18.2 Å². The summed E-state index contributed by atoms with van der Waals surface area (Å²) in [5.74, 6) is 0.329. The Morgan fingerprint density at radius 1 is 0.590 bits per heavy atom. The van der Waals surface area contributed by atoms with Crippen LogP contribution in [0.5, 0.6) is 17.2 Å². The molecule has 0 aliphatic carbocycles. The lowest BCUT2D eigenvalue weighted by Crippen LogP contribution is -2.16. The van der Waals surface area contributed by atoms with Crippen LogP contribution in [-0.4, -0.2) is 38.9 Å². The molecule has 0 radical (unpaired) electrons. The summed E-state index contributed by atoms with van der Waals surface area (Å²) in [6.07, 6.45) is 0.0633. The molecular formula is C31H28N2O6. The van der Waals surface area contributed by atoms with Crippen molar-refractivity contribution in [3.63, 3.8) is 0 Å². The number of carbonyl (C=O) groups excluding carboxylic acids is 3. The molecule has 8 heteroatoms. The molecule has 0 aliphatic rings. The van der Waals surface area contributed by atoms with E-state index in [2.05, 4.69) is 10.6 Å². The van der Waals surface area contributed by atoms with E-state index in [1.165, 1.54) is 14.2 Å². The normalized spacial score (nSPS) is 10.3. The molecule has 2 amide bonds. The molecular weight excluding hydrogens is 496 g/mol. The third-order valence-corrected chi connectivity index (χ3v) is 6.02. The minimum absolute atomic E-state index is 0.0633. The fourth-order valence-corrected chi connectivity index (χ4v) is 4.12. The van der Waals surface area contributed by atoms with E-state index < -0.39 is 11.8 Å². The minimum Gasteiger partial charge on any atom is -0.496 e. The second-order valence-corrected chi connectivity index (χ2v) is 8.52. The number of hydrogen-bond acceptors (Lipinski definition) is 6. The van der Waals surface area contributed by atoms with E-state index >= 15 is 0 Å². The van der Waals surface area contributed by atoms with Gasteiger partial charge in [-0.05, 0) is 48.5 Å². The maximum atomic E-state index is 13.4. The van der Waals surface area contributed by atoms with Crippen molar-refractivity contribution in [1.29, 1.82) is 0 Å². The van der Waals surface area contributed by atoms with Crippen molar-refractivity contribution in [2.75, 3.05) is 32.0 Å². The first-order chi connectivity index (χ1) is 18.9. The van der Waals surface area contributed by atoms with Crippen LogP contribution in [0.25, 0.3) is 0 Å². The van der Waals surface area contributed by atoms with E-state index in [4.69, 9.17) is 14.2 Å². The number of ketones is 1. The number of Topliss-reactive ketones (excluding diaryl/α,β-unsaturated/α-hetero) is 1. The van der Waals surface area contributed by atoms with E-state index in [-0.39, 0.29) is 12.2 Å². The van der Waals surface area contributed by atoms with Crippen LogP contribution in [0.1, 0.15) is 36.6 Å². The first-order valence-electron chi connectivity index (χ1n) is 12.1. The summed E-state index contributed by atoms with van der Waals surface area (Å²) < 4.78 is 16.0. The average Bonchev–Trinajstić information content (AvgIpc) is 2.97. The standard InChI is InChI=1S/C31H28N2O6/c1-37-27-13-7-4-10-20(27)18-26(34)21-16-22(32-30(35)24-11-5-8-14-28(24)38-2)19-23(17-21)33-31(36)25-12-6-9-15-29(25)39-3/h4-17,19H,18H2,1-3H3,(H,32,35)(H,33,36). The Morgan fingerprint density at radius 3 is 1.51 bits per heavy atom. The maximum Gasteiger partial charge on any atom is 0.259 e. The van der Waals surface area contributed by atoms with Crippen LogP contribution in [0.15, 0.2) is 91.0 Å². The third kappa shape index (κ3) is 6.42. The summed E-state index contributed by atoms with van der Waals surface area (Å²) in [7, 11) is 4.51. The second-order valence-electron chi connectivity index (χ2n) is 8.52. The van der Waals surface area contributed by atoms with Gasteiger partial charge < -0.3 is 24.8 Å². The fraction of sp³-hybridized carbons (Fsp3) is 0.129. The summed E-state index contributed by atoms with van der Waals surface area (Å²) in [4.78, 5) is 39.6. The van der Waals surface area contributed by atoms with E-state index in [0.717, 1.165) is 0 Å². The van der Waals surface area contributed by atoms with Crippen LogP contribution >= 0.6 is 0 Å². The predicted octanol–water partition coefficient (Wildman–Crippen LogP) is 5.64.